The van der Waals surface area contributed by atoms with E-state index in [0.29, 0.717) is 11.1 Å². The molecule has 0 heterocycles. The number of carbonyl (C=O) groups excluding carboxylic acids is 1. The molecule has 3 nitrogen and oxygen atoms in total. The maximum Gasteiger partial charge on any atom is 0.573 e. The van der Waals surface area contributed by atoms with Crippen LogP contribution in [-0.4, -0.2) is 18.9 Å². The summed E-state index contributed by atoms with van der Waals surface area (Å²) in [5, 5.41) is 0. The van der Waals surface area contributed by atoms with Crippen LogP contribution in [0, 0.1) is 0 Å². The van der Waals surface area contributed by atoms with Gasteiger partial charge in [-0.3, -0.25) is 0 Å². The summed E-state index contributed by atoms with van der Waals surface area (Å²) in [5.74, 6) is -0.796. The van der Waals surface area contributed by atoms with E-state index < -0.39 is 12.3 Å². The van der Waals surface area contributed by atoms with Gasteiger partial charge in [-0.2, -0.15) is 0 Å². The fourth-order valence-electron chi connectivity index (χ4n) is 1.36. The first-order valence-electron chi connectivity index (χ1n) is 5.53. The molecule has 0 radical (unpaired) electrons. The molecule has 6 heteroatoms. The second kappa shape index (κ2) is 6.26. The van der Waals surface area contributed by atoms with Gasteiger partial charge in [0, 0.05) is 6.08 Å². The van der Waals surface area contributed by atoms with Gasteiger partial charge >= 0.3 is 12.3 Å². The monoisotopic (exact) mass is 274 g/mol. The van der Waals surface area contributed by atoms with Gasteiger partial charge in [0.15, 0.2) is 0 Å². The molecule has 0 aliphatic carbocycles. The van der Waals surface area contributed by atoms with Gasteiger partial charge in [-0.25, -0.2) is 4.79 Å². The molecular weight excluding hydrogens is 261 g/mol. The van der Waals surface area contributed by atoms with E-state index in [1.165, 1.54) is 30.3 Å². The van der Waals surface area contributed by atoms with Gasteiger partial charge in [-0.15, -0.1) is 13.2 Å². The van der Waals surface area contributed by atoms with Crippen molar-refractivity contribution in [1.82, 2.24) is 0 Å². The Labute approximate surface area is 108 Å². The van der Waals surface area contributed by atoms with Crippen LogP contribution in [-0.2, 0) is 9.53 Å². The third-order valence-electron chi connectivity index (χ3n) is 2.16. The normalized spacial score (nSPS) is 12.2. The van der Waals surface area contributed by atoms with Gasteiger partial charge in [0.2, 0.25) is 0 Å². The van der Waals surface area contributed by atoms with Gasteiger partial charge in [-0.1, -0.05) is 12.1 Å². The van der Waals surface area contributed by atoms with Crippen LogP contribution in [0.15, 0.2) is 30.3 Å². The average molecular weight is 274 g/mol. The zero-order chi connectivity index (χ0) is 14.5. The number of hydrogen-bond acceptors (Lipinski definition) is 3. The molecular formula is C13H13F3O3. The second-order valence-electron chi connectivity index (χ2n) is 3.65. The number of hydrogen-bond donors (Lipinski definition) is 0. The van der Waals surface area contributed by atoms with Gasteiger partial charge in [0.05, 0.1) is 6.61 Å². The molecule has 0 saturated heterocycles. The van der Waals surface area contributed by atoms with Crippen molar-refractivity contribution in [3.05, 3.63) is 35.9 Å². The number of ether oxygens (including phenoxy) is 2. The lowest BCUT2D eigenvalue weighted by Crippen LogP contribution is -2.16. The van der Waals surface area contributed by atoms with Gasteiger partial charge in [0.1, 0.15) is 5.75 Å². The third-order valence-corrected chi connectivity index (χ3v) is 2.16. The van der Waals surface area contributed by atoms with Crippen LogP contribution in [0.25, 0.3) is 5.57 Å². The molecule has 0 bridgehead atoms. The predicted molar refractivity (Wildman–Crippen MR) is 63.4 cm³/mol. The van der Waals surface area contributed by atoms with E-state index in [1.807, 2.05) is 0 Å². The highest BCUT2D eigenvalue weighted by atomic mass is 19.4. The van der Waals surface area contributed by atoms with E-state index >= 15 is 0 Å². The van der Waals surface area contributed by atoms with Crippen molar-refractivity contribution in [3.8, 4) is 5.75 Å². The highest BCUT2D eigenvalue weighted by molar-refractivity contribution is 5.90. The topological polar surface area (TPSA) is 35.5 Å². The van der Waals surface area contributed by atoms with Crippen molar-refractivity contribution in [2.24, 2.45) is 0 Å². The van der Waals surface area contributed by atoms with Gasteiger partial charge < -0.3 is 9.47 Å². The van der Waals surface area contributed by atoms with Gasteiger partial charge in [0.25, 0.3) is 0 Å². The summed E-state index contributed by atoms with van der Waals surface area (Å²) in [7, 11) is 0. The lowest BCUT2D eigenvalue weighted by molar-refractivity contribution is -0.274. The standard InChI is InChI=1S/C13H13F3O3/c1-3-18-12(17)8-9(2)10-4-6-11(7-5-10)19-13(14,15)16/h4-8H,3H2,1-2H3/b9-8+. The largest absolute Gasteiger partial charge is 0.573 e. The van der Waals surface area contributed by atoms with E-state index in [1.54, 1.807) is 13.8 Å². The molecule has 0 aliphatic rings. The van der Waals surface area contributed by atoms with E-state index in [0.717, 1.165) is 0 Å². The van der Waals surface area contributed by atoms with Crippen molar-refractivity contribution in [2.75, 3.05) is 6.61 Å². The number of rotatable bonds is 4. The Bertz CT molecular complexity index is 461. The van der Waals surface area contributed by atoms with Crippen LogP contribution in [0.4, 0.5) is 13.2 Å². The number of carbonyl (C=O) groups is 1. The van der Waals surface area contributed by atoms with Crippen molar-refractivity contribution >= 4 is 11.5 Å². The minimum atomic E-state index is -4.71. The lowest BCUT2D eigenvalue weighted by Gasteiger charge is -2.09. The molecule has 0 spiro atoms. The molecule has 1 rings (SSSR count). The highest BCUT2D eigenvalue weighted by Crippen LogP contribution is 2.24. The number of allylic oxidation sites excluding steroid dienone is 1. The molecule has 0 atom stereocenters. The van der Waals surface area contributed by atoms with Crippen molar-refractivity contribution in [3.63, 3.8) is 0 Å². The van der Waals surface area contributed by atoms with Crippen LogP contribution in [0.2, 0.25) is 0 Å². The highest BCUT2D eigenvalue weighted by Gasteiger charge is 2.30. The minimum Gasteiger partial charge on any atom is -0.463 e. The second-order valence-corrected chi connectivity index (χ2v) is 3.65. The van der Waals surface area contributed by atoms with Crippen LogP contribution >= 0.6 is 0 Å². The van der Waals surface area contributed by atoms with E-state index in [9.17, 15) is 18.0 Å². The molecule has 19 heavy (non-hydrogen) atoms. The molecule has 1 aromatic rings. The smallest absolute Gasteiger partial charge is 0.463 e. The first-order valence-corrected chi connectivity index (χ1v) is 5.53. The molecule has 1 aromatic carbocycles. The van der Waals surface area contributed by atoms with E-state index in [2.05, 4.69) is 4.74 Å². The Morgan fingerprint density at radius 2 is 1.84 bits per heavy atom. The zero-order valence-corrected chi connectivity index (χ0v) is 10.5. The molecule has 0 unspecified atom stereocenters. The molecule has 104 valence electrons. The van der Waals surface area contributed by atoms with Crippen LogP contribution in [0.3, 0.4) is 0 Å². The van der Waals surface area contributed by atoms with Crippen LogP contribution in [0.1, 0.15) is 19.4 Å². The zero-order valence-electron chi connectivity index (χ0n) is 10.5. The Morgan fingerprint density at radius 1 is 1.26 bits per heavy atom. The quantitative estimate of drug-likeness (QED) is 0.622. The summed E-state index contributed by atoms with van der Waals surface area (Å²) in [4.78, 5) is 11.2. The summed E-state index contributed by atoms with van der Waals surface area (Å²) in [6.45, 7) is 3.61. The number of alkyl halides is 3. The van der Waals surface area contributed by atoms with Crippen molar-refractivity contribution < 1.29 is 27.4 Å². The third kappa shape index (κ3) is 5.46. The van der Waals surface area contributed by atoms with Crippen LogP contribution < -0.4 is 4.74 Å². The van der Waals surface area contributed by atoms with Crippen LogP contribution in [0.5, 0.6) is 5.75 Å². The molecule has 0 amide bonds. The molecule has 0 N–H and O–H groups in total. The molecule has 0 saturated carbocycles. The number of benzene rings is 1. The Kier molecular flexibility index (Phi) is 4.97. The predicted octanol–water partition coefficient (Wildman–Crippen LogP) is 3.55. The Hall–Kier alpha value is -1.98. The summed E-state index contributed by atoms with van der Waals surface area (Å²) in [6.07, 6.45) is -3.43. The van der Waals surface area contributed by atoms with Crippen molar-refractivity contribution in [1.29, 1.82) is 0 Å². The summed E-state index contributed by atoms with van der Waals surface area (Å²) < 4.78 is 44.4. The maximum atomic E-state index is 12.0. The Morgan fingerprint density at radius 3 is 2.32 bits per heavy atom. The van der Waals surface area contributed by atoms with Crippen molar-refractivity contribution in [2.45, 2.75) is 20.2 Å². The van der Waals surface area contributed by atoms with E-state index in [4.69, 9.17) is 4.74 Å². The maximum absolute atomic E-state index is 12.0. The number of esters is 1. The molecule has 0 aromatic heterocycles. The summed E-state index contributed by atoms with van der Waals surface area (Å²) in [5.41, 5.74) is 1.21. The fraction of sp³-hybridized carbons (Fsp3) is 0.308. The minimum absolute atomic E-state index is 0.265. The Balaban J connectivity index is 2.78. The van der Waals surface area contributed by atoms with Gasteiger partial charge in [-0.05, 0) is 37.1 Å². The first kappa shape index (κ1) is 15.1. The first-order chi connectivity index (χ1) is 8.81. The molecule has 0 aliphatic heterocycles. The summed E-state index contributed by atoms with van der Waals surface area (Å²) in [6, 6.07) is 5.24. The average Bonchev–Trinajstić information content (AvgIpc) is 2.27. The lowest BCUT2D eigenvalue weighted by atomic mass is 10.1. The number of halogens is 3. The fourth-order valence-corrected chi connectivity index (χ4v) is 1.36. The SMILES string of the molecule is CCOC(=O)/C=C(\C)c1ccc(OC(F)(F)F)cc1. The van der Waals surface area contributed by atoms with E-state index in [-0.39, 0.29) is 12.4 Å². The summed E-state index contributed by atoms with van der Waals surface area (Å²) >= 11 is 0. The molecule has 0 fully saturated rings.